The van der Waals surface area contributed by atoms with Crippen LogP contribution in [-0.4, -0.2) is 334 Å². The zero-order valence-corrected chi connectivity index (χ0v) is 34.5. The summed E-state index contributed by atoms with van der Waals surface area (Å²) >= 11 is 0. The molecule has 0 heterocycles. The Morgan fingerprint density at radius 1 is 0.129 bits per heavy atom. The van der Waals surface area contributed by atoms with Crippen LogP contribution in [0.15, 0.2) is 0 Å². The van der Waals surface area contributed by atoms with E-state index >= 15 is 0 Å². The van der Waals surface area contributed by atoms with Crippen molar-refractivity contribution in [3.63, 3.8) is 0 Å². The molecule has 0 aromatic heterocycles. The summed E-state index contributed by atoms with van der Waals surface area (Å²) in [7, 11) is -15.5. The summed E-state index contributed by atoms with van der Waals surface area (Å²) in [5.41, 5.74) is 0. The number of rotatable bonds is 0. The SMILES string of the molecule is O.O.O.O.O.O.O.O.O.O.O.O.O.O.O.O.O.O.O.O.O.O.O.O.O.O.O.O.O.O.O.O.O.O.O.O.O.O.O.O.O.O.O.O.O.O=S(=O)([O-])[O-].O=S(=O)([O-])[O-].O=S(=O)([O-])[O-].[Al+3].[Al+3]. The van der Waals surface area contributed by atoms with Crippen LogP contribution >= 0.6 is 0 Å². The predicted molar refractivity (Wildman–Crippen MR) is 206 cm³/mol. The van der Waals surface area contributed by atoms with Crippen LogP contribution in [0.3, 0.4) is 0 Å². The molecule has 62 heavy (non-hydrogen) atoms. The van der Waals surface area contributed by atoms with Crippen LogP contribution in [0, 0.1) is 0 Å². The van der Waals surface area contributed by atoms with Crippen molar-refractivity contribution in [2.75, 3.05) is 0 Å². The first kappa shape index (κ1) is 1850. The van der Waals surface area contributed by atoms with Gasteiger partial charge in [0.15, 0.2) is 0 Å². The Morgan fingerprint density at radius 2 is 0.129 bits per heavy atom. The minimum Gasteiger partial charge on any atom is -0.759 e. The van der Waals surface area contributed by atoms with Crippen LogP contribution in [0.2, 0.25) is 0 Å². The van der Waals surface area contributed by atoms with Gasteiger partial charge in [0.25, 0.3) is 0 Å². The summed E-state index contributed by atoms with van der Waals surface area (Å²) < 4.78 is 102. The molecule has 0 radical (unpaired) electrons. The first-order valence-electron chi connectivity index (χ1n) is 2.00. The largest absolute Gasteiger partial charge is 3.00 e. The van der Waals surface area contributed by atoms with Gasteiger partial charge in [-0.2, -0.15) is 0 Å². The van der Waals surface area contributed by atoms with E-state index in [9.17, 15) is 0 Å². The molecule has 57 nitrogen and oxygen atoms in total. The summed E-state index contributed by atoms with van der Waals surface area (Å²) in [6, 6.07) is 0. The standard InChI is InChI=1S/2Al.3H2O4S.45H2O/c;;3*1-5(2,3)4;;;;;;;;;;;;;;;;;;;;;;;;;;;;;;;;;;;;;;;;;;;;;/h;;3*(H2,1,2,3,4);45*1H2/q2*+3;;;;;;;;;;;;;;;;;;;;;;;;;;;;;;;;;;;;;;;;;;;;;;;;/p-6. The molecule has 0 fully saturated rings. The topological polar surface area (TPSA) is 1660 Å². The van der Waals surface area contributed by atoms with Crippen LogP contribution < -0.4 is 0 Å². The van der Waals surface area contributed by atoms with E-state index in [0.717, 1.165) is 0 Å². The third-order valence-corrected chi connectivity index (χ3v) is 0. The molecule has 0 aromatic rings. The van der Waals surface area contributed by atoms with Crippen LogP contribution in [0.5, 0.6) is 0 Å². The van der Waals surface area contributed by atoms with Gasteiger partial charge in [-0.05, 0) is 0 Å². The minimum absolute atomic E-state index is 0. The second kappa shape index (κ2) is 729. The third kappa shape index (κ3) is 156000. The number of hydrogen-bond donors (Lipinski definition) is 0. The van der Waals surface area contributed by atoms with E-state index in [-0.39, 0.29) is 281 Å². The van der Waals surface area contributed by atoms with Crippen molar-refractivity contribution in [2.24, 2.45) is 0 Å². The minimum atomic E-state index is -5.17. The van der Waals surface area contributed by atoms with Gasteiger partial charge in [0.2, 0.25) is 0 Å². The van der Waals surface area contributed by atoms with E-state index in [1.807, 2.05) is 0 Å². The van der Waals surface area contributed by atoms with Crippen LogP contribution in [-0.2, 0) is 31.2 Å². The molecule has 0 aliphatic carbocycles. The Balaban J connectivity index is -0.000000000526. The summed E-state index contributed by atoms with van der Waals surface area (Å²) in [4.78, 5) is 0. The fourth-order valence-electron chi connectivity index (χ4n) is 0. The van der Waals surface area contributed by atoms with Gasteiger partial charge in [0, 0.05) is 31.2 Å². The maximum absolute atomic E-state index is 8.52. The van der Waals surface area contributed by atoms with Gasteiger partial charge in [0.1, 0.15) is 0 Å². The van der Waals surface area contributed by atoms with E-state index in [4.69, 9.17) is 52.6 Å². The summed E-state index contributed by atoms with van der Waals surface area (Å²) in [5, 5.41) is 0. The fraction of sp³-hybridized carbons (Fsp3) is 0. The molecule has 0 bridgehead atoms. The van der Waals surface area contributed by atoms with Crippen molar-refractivity contribution in [3.8, 4) is 0 Å². The van der Waals surface area contributed by atoms with Gasteiger partial charge in [0.05, 0.1) is 0 Å². The van der Waals surface area contributed by atoms with Gasteiger partial charge >= 0.3 is 34.7 Å². The average molecular weight is 1150 g/mol. The Hall–Kier alpha value is -1.13. The van der Waals surface area contributed by atoms with Gasteiger partial charge in [-0.3, -0.25) is 25.3 Å². The zero-order valence-electron chi connectivity index (χ0n) is 29.8. The van der Waals surface area contributed by atoms with Gasteiger partial charge < -0.3 is 274 Å². The first-order valence-corrected chi connectivity index (χ1v) is 6.00. The second-order valence-electron chi connectivity index (χ2n) is 1.22. The molecular formula is H90Al2O57S3. The molecule has 456 valence electrons. The van der Waals surface area contributed by atoms with Crippen molar-refractivity contribution in [1.82, 2.24) is 0 Å². The second-order valence-corrected chi connectivity index (χ2v) is 3.67. The quantitative estimate of drug-likeness (QED) is 0.124. The van der Waals surface area contributed by atoms with Crippen molar-refractivity contribution >= 4 is 65.9 Å². The van der Waals surface area contributed by atoms with Gasteiger partial charge in [-0.1, -0.05) is 0 Å². The van der Waals surface area contributed by atoms with E-state index in [0.29, 0.717) is 0 Å². The van der Waals surface area contributed by atoms with Crippen molar-refractivity contribution in [1.29, 1.82) is 0 Å². The molecule has 0 amide bonds. The van der Waals surface area contributed by atoms with E-state index in [1.54, 1.807) is 0 Å². The molecule has 0 saturated heterocycles. The predicted octanol–water partition coefficient (Wildman–Crippen LogP) is -41.9. The van der Waals surface area contributed by atoms with Crippen molar-refractivity contribution in [3.05, 3.63) is 0 Å². The Kier molecular flexibility index (Phi) is 21700. The van der Waals surface area contributed by atoms with Crippen molar-refractivity contribution < 1.29 is 299 Å². The molecule has 0 saturated carbocycles. The molecular weight excluding hydrogens is 1060 g/mol. The molecule has 0 unspecified atom stereocenters. The molecule has 0 atom stereocenters. The van der Waals surface area contributed by atoms with Crippen LogP contribution in [0.25, 0.3) is 0 Å². The normalized spacial score (nSPS) is 2.81. The molecule has 0 spiro atoms. The van der Waals surface area contributed by atoms with Gasteiger partial charge in [-0.15, -0.1) is 0 Å². The maximum Gasteiger partial charge on any atom is 3.00 e. The molecule has 0 rings (SSSR count). The Morgan fingerprint density at radius 3 is 0.129 bits per heavy atom. The third-order valence-electron chi connectivity index (χ3n) is 0. The van der Waals surface area contributed by atoms with Crippen LogP contribution in [0.1, 0.15) is 0 Å². The maximum atomic E-state index is 8.52. The first-order chi connectivity index (χ1) is 6.00. The molecule has 62 heteroatoms. The molecule has 0 aromatic carbocycles. The van der Waals surface area contributed by atoms with E-state index < -0.39 is 31.2 Å². The molecule has 0 aliphatic heterocycles. The molecule has 0 aliphatic rings. The van der Waals surface area contributed by atoms with E-state index in [1.165, 1.54) is 0 Å². The van der Waals surface area contributed by atoms with E-state index in [2.05, 4.69) is 0 Å². The van der Waals surface area contributed by atoms with Crippen molar-refractivity contribution in [2.45, 2.75) is 0 Å². The average Bonchev–Trinajstić information content (AvgIpc) is 1.41. The summed E-state index contributed by atoms with van der Waals surface area (Å²) in [5.74, 6) is 0. The Bertz CT molecular complexity index is 351. The number of hydrogen-bond acceptors (Lipinski definition) is 12. The fourth-order valence-corrected chi connectivity index (χ4v) is 0. The monoisotopic (exact) mass is 1150 g/mol. The summed E-state index contributed by atoms with van der Waals surface area (Å²) in [6.45, 7) is 0. The smallest absolute Gasteiger partial charge is 0.759 e. The van der Waals surface area contributed by atoms with Crippen LogP contribution in [0.4, 0.5) is 0 Å². The summed E-state index contributed by atoms with van der Waals surface area (Å²) in [6.07, 6.45) is 0. The Labute approximate surface area is 365 Å². The van der Waals surface area contributed by atoms with Gasteiger partial charge in [-0.25, -0.2) is 0 Å². The molecule has 90 N–H and O–H groups in total. The zero-order chi connectivity index (χ0) is 13.5.